The Kier molecular flexibility index (Phi) is 5.98. The van der Waals surface area contributed by atoms with Crippen LogP contribution in [0.5, 0.6) is 0 Å². The molecule has 0 saturated carbocycles. The second kappa shape index (κ2) is 8.60. The second-order valence-electron chi connectivity index (χ2n) is 6.39. The highest BCUT2D eigenvalue weighted by Gasteiger charge is 2.10. The number of amides is 2. The van der Waals surface area contributed by atoms with Crippen LogP contribution in [0.15, 0.2) is 53.9 Å². The van der Waals surface area contributed by atoms with Crippen LogP contribution in [0.4, 0.5) is 10.8 Å². The molecule has 0 aliphatic carbocycles. The van der Waals surface area contributed by atoms with E-state index >= 15 is 0 Å². The molecule has 0 saturated heterocycles. The van der Waals surface area contributed by atoms with Crippen molar-refractivity contribution in [2.45, 2.75) is 26.7 Å². The molecule has 2 N–H and O–H groups in total. The first-order chi connectivity index (χ1) is 13.0. The van der Waals surface area contributed by atoms with E-state index in [4.69, 9.17) is 0 Å². The van der Waals surface area contributed by atoms with E-state index in [0.717, 1.165) is 22.5 Å². The fourth-order valence-corrected chi connectivity index (χ4v) is 3.49. The molecule has 3 rings (SSSR count). The minimum Gasteiger partial charge on any atom is -0.326 e. The Morgan fingerprint density at radius 1 is 1.00 bits per heavy atom. The molecular formula is C21H21N3O2S. The Morgan fingerprint density at radius 3 is 2.41 bits per heavy atom. The van der Waals surface area contributed by atoms with Crippen LogP contribution in [0.3, 0.4) is 0 Å². The predicted octanol–water partition coefficient (Wildman–Crippen LogP) is 4.58. The second-order valence-corrected chi connectivity index (χ2v) is 7.25. The van der Waals surface area contributed by atoms with Gasteiger partial charge in [0.25, 0.3) is 5.91 Å². The molecule has 0 aliphatic heterocycles. The maximum absolute atomic E-state index is 12.2. The first-order valence-corrected chi connectivity index (χ1v) is 9.56. The van der Waals surface area contributed by atoms with Gasteiger partial charge >= 0.3 is 0 Å². The topological polar surface area (TPSA) is 71.1 Å². The number of carbonyl (C=O) groups excluding carboxylic acids is 2. The number of thiazole rings is 1. The van der Waals surface area contributed by atoms with Gasteiger partial charge in [-0.25, -0.2) is 4.98 Å². The van der Waals surface area contributed by atoms with E-state index < -0.39 is 0 Å². The van der Waals surface area contributed by atoms with Gasteiger partial charge in [0.05, 0.1) is 5.69 Å². The standard InChI is InChI=1S/C21H21N3O2S/c1-14-10-15(2)12-18(11-14)22-19(25)9-8-17-13-27-21(23-17)24-20(26)16-6-4-3-5-7-16/h3-7,10-13H,8-9H2,1-2H3,(H,22,25)(H,23,24,26). The summed E-state index contributed by atoms with van der Waals surface area (Å²) >= 11 is 1.36. The van der Waals surface area contributed by atoms with Gasteiger partial charge in [0.1, 0.15) is 0 Å². The lowest BCUT2D eigenvalue weighted by Gasteiger charge is -2.07. The average molecular weight is 379 g/mol. The Bertz CT molecular complexity index is 931. The van der Waals surface area contributed by atoms with E-state index in [-0.39, 0.29) is 11.8 Å². The zero-order chi connectivity index (χ0) is 19.2. The summed E-state index contributed by atoms with van der Waals surface area (Å²) < 4.78 is 0. The van der Waals surface area contributed by atoms with Crippen molar-refractivity contribution in [3.8, 4) is 0 Å². The number of aryl methyl sites for hydroxylation is 3. The van der Waals surface area contributed by atoms with Crippen LogP contribution in [-0.2, 0) is 11.2 Å². The number of nitrogens with one attached hydrogen (secondary N) is 2. The van der Waals surface area contributed by atoms with Crippen molar-refractivity contribution in [3.05, 3.63) is 76.3 Å². The van der Waals surface area contributed by atoms with Gasteiger partial charge in [-0.15, -0.1) is 11.3 Å². The first-order valence-electron chi connectivity index (χ1n) is 8.68. The lowest BCUT2D eigenvalue weighted by atomic mass is 10.1. The van der Waals surface area contributed by atoms with Gasteiger partial charge in [-0.3, -0.25) is 14.9 Å². The van der Waals surface area contributed by atoms with Crippen LogP contribution < -0.4 is 10.6 Å². The Balaban J connectivity index is 1.52. The van der Waals surface area contributed by atoms with Crippen molar-refractivity contribution >= 4 is 34.0 Å². The predicted molar refractivity (Wildman–Crippen MR) is 109 cm³/mol. The molecule has 0 atom stereocenters. The van der Waals surface area contributed by atoms with Gasteiger partial charge in [-0.2, -0.15) is 0 Å². The number of rotatable bonds is 6. The van der Waals surface area contributed by atoms with Gasteiger partial charge in [-0.1, -0.05) is 24.3 Å². The minimum absolute atomic E-state index is 0.0529. The van der Waals surface area contributed by atoms with Crippen molar-refractivity contribution in [2.24, 2.45) is 0 Å². The highest BCUT2D eigenvalue weighted by molar-refractivity contribution is 7.14. The first kappa shape index (κ1) is 18.8. The number of hydrogen-bond acceptors (Lipinski definition) is 4. The van der Waals surface area contributed by atoms with Crippen molar-refractivity contribution in [1.29, 1.82) is 0 Å². The van der Waals surface area contributed by atoms with Gasteiger partial charge in [-0.05, 0) is 55.7 Å². The van der Waals surface area contributed by atoms with Crippen LogP contribution >= 0.6 is 11.3 Å². The largest absolute Gasteiger partial charge is 0.326 e. The smallest absolute Gasteiger partial charge is 0.257 e. The number of hydrogen-bond donors (Lipinski definition) is 2. The quantitative estimate of drug-likeness (QED) is 0.658. The highest BCUT2D eigenvalue weighted by Crippen LogP contribution is 2.18. The molecule has 0 fully saturated rings. The molecule has 2 aromatic carbocycles. The molecule has 0 bridgehead atoms. The molecule has 1 aromatic heterocycles. The van der Waals surface area contributed by atoms with Crippen molar-refractivity contribution in [1.82, 2.24) is 4.98 Å². The molecule has 0 spiro atoms. The van der Waals surface area contributed by atoms with Gasteiger partial charge in [0.2, 0.25) is 5.91 Å². The van der Waals surface area contributed by atoms with E-state index in [1.54, 1.807) is 12.1 Å². The maximum atomic E-state index is 12.2. The third-order valence-corrected chi connectivity index (χ3v) is 4.73. The molecule has 6 heteroatoms. The summed E-state index contributed by atoms with van der Waals surface area (Å²) in [6.07, 6.45) is 0.858. The number of anilines is 2. The summed E-state index contributed by atoms with van der Waals surface area (Å²) in [5.41, 5.74) is 4.42. The number of aromatic nitrogens is 1. The van der Waals surface area contributed by atoms with E-state index in [0.29, 0.717) is 23.5 Å². The lowest BCUT2D eigenvalue weighted by molar-refractivity contribution is -0.116. The Morgan fingerprint density at radius 2 is 1.70 bits per heavy atom. The summed E-state index contributed by atoms with van der Waals surface area (Å²) in [6, 6.07) is 15.0. The summed E-state index contributed by atoms with van der Waals surface area (Å²) in [6.45, 7) is 4.01. The van der Waals surface area contributed by atoms with E-state index in [1.165, 1.54) is 11.3 Å². The van der Waals surface area contributed by atoms with Crippen molar-refractivity contribution < 1.29 is 9.59 Å². The highest BCUT2D eigenvalue weighted by atomic mass is 32.1. The maximum Gasteiger partial charge on any atom is 0.257 e. The van der Waals surface area contributed by atoms with E-state index in [2.05, 4.69) is 21.7 Å². The van der Waals surface area contributed by atoms with Crippen molar-refractivity contribution in [3.63, 3.8) is 0 Å². The fraction of sp³-hybridized carbons (Fsp3) is 0.190. The summed E-state index contributed by atoms with van der Waals surface area (Å²) in [5.74, 6) is -0.244. The molecule has 5 nitrogen and oxygen atoms in total. The van der Waals surface area contributed by atoms with Crippen LogP contribution in [0.1, 0.15) is 33.6 Å². The fourth-order valence-electron chi connectivity index (χ4n) is 2.75. The van der Waals surface area contributed by atoms with E-state index in [9.17, 15) is 9.59 Å². The molecule has 0 aliphatic rings. The SMILES string of the molecule is Cc1cc(C)cc(NC(=O)CCc2csc(NC(=O)c3ccccc3)n2)c1. The van der Waals surface area contributed by atoms with Crippen LogP contribution in [-0.4, -0.2) is 16.8 Å². The lowest BCUT2D eigenvalue weighted by Crippen LogP contribution is -2.13. The third kappa shape index (κ3) is 5.49. The molecule has 0 unspecified atom stereocenters. The summed E-state index contributed by atoms with van der Waals surface area (Å²) in [7, 11) is 0. The molecule has 138 valence electrons. The minimum atomic E-state index is -0.191. The third-order valence-electron chi connectivity index (χ3n) is 3.92. The van der Waals surface area contributed by atoms with Gasteiger partial charge < -0.3 is 5.32 Å². The molecule has 3 aromatic rings. The van der Waals surface area contributed by atoms with Crippen molar-refractivity contribution in [2.75, 3.05) is 10.6 Å². The zero-order valence-electron chi connectivity index (χ0n) is 15.3. The molecule has 0 radical (unpaired) electrons. The number of carbonyl (C=O) groups is 2. The molecule has 1 heterocycles. The van der Waals surface area contributed by atoms with Gasteiger partial charge in [0, 0.05) is 23.1 Å². The molecular weight excluding hydrogens is 358 g/mol. The zero-order valence-corrected chi connectivity index (χ0v) is 16.1. The van der Waals surface area contributed by atoms with Crippen LogP contribution in [0.25, 0.3) is 0 Å². The summed E-state index contributed by atoms with van der Waals surface area (Å²) in [5, 5.41) is 8.11. The molecule has 27 heavy (non-hydrogen) atoms. The van der Waals surface area contributed by atoms with Crippen LogP contribution in [0.2, 0.25) is 0 Å². The summed E-state index contributed by atoms with van der Waals surface area (Å²) in [4.78, 5) is 28.7. The number of nitrogens with zero attached hydrogens (tertiary/aromatic N) is 1. The average Bonchev–Trinajstić information content (AvgIpc) is 3.07. The van der Waals surface area contributed by atoms with E-state index in [1.807, 2.05) is 49.6 Å². The van der Waals surface area contributed by atoms with Gasteiger partial charge in [0.15, 0.2) is 5.13 Å². The molecule has 2 amide bonds. The Hall–Kier alpha value is -2.99. The Labute approximate surface area is 162 Å². The normalized spacial score (nSPS) is 10.4. The van der Waals surface area contributed by atoms with Crippen LogP contribution in [0, 0.1) is 13.8 Å². The monoisotopic (exact) mass is 379 g/mol. The number of benzene rings is 2.